The summed E-state index contributed by atoms with van der Waals surface area (Å²) in [5, 5.41) is 11.7. The lowest BCUT2D eigenvalue weighted by Gasteiger charge is -2.32. The third kappa shape index (κ3) is 3.11. The molecule has 0 amide bonds. The van der Waals surface area contributed by atoms with Crippen LogP contribution in [0.2, 0.25) is 0 Å². The number of aromatic nitrogens is 1. The molecular weight excluding hydrogens is 272 g/mol. The fourth-order valence-electron chi connectivity index (χ4n) is 2.70. The third-order valence-electron chi connectivity index (χ3n) is 3.99. The normalized spacial score (nSPS) is 19.3. The minimum absolute atomic E-state index is 0.190. The van der Waals surface area contributed by atoms with Crippen molar-refractivity contribution in [3.05, 3.63) is 29.6 Å². The van der Waals surface area contributed by atoms with E-state index < -0.39 is 0 Å². The molecule has 3 rings (SSSR count). The van der Waals surface area contributed by atoms with Crippen LogP contribution in [-0.2, 0) is 6.54 Å². The van der Waals surface area contributed by atoms with E-state index in [1.54, 1.807) is 11.3 Å². The number of thiophene rings is 1. The number of aliphatic hydroxyl groups excluding tert-OH is 1. The topological polar surface area (TPSA) is 49.5 Å². The molecule has 0 bridgehead atoms. The van der Waals surface area contributed by atoms with E-state index in [4.69, 9.17) is 4.42 Å². The van der Waals surface area contributed by atoms with Gasteiger partial charge in [-0.2, -0.15) is 0 Å². The molecule has 4 nitrogen and oxygen atoms in total. The molecule has 1 atom stereocenters. The number of piperidine rings is 1. The van der Waals surface area contributed by atoms with Gasteiger partial charge in [0, 0.05) is 0 Å². The molecule has 1 aliphatic heterocycles. The Balaban J connectivity index is 1.57. The first kappa shape index (κ1) is 13.8. The van der Waals surface area contributed by atoms with Crippen molar-refractivity contribution in [1.29, 1.82) is 0 Å². The zero-order valence-corrected chi connectivity index (χ0v) is 12.5. The molecule has 1 fully saturated rings. The van der Waals surface area contributed by atoms with Crippen LogP contribution < -0.4 is 0 Å². The highest BCUT2D eigenvalue weighted by Gasteiger charge is 2.23. The van der Waals surface area contributed by atoms with Crippen molar-refractivity contribution in [2.24, 2.45) is 5.92 Å². The molecule has 3 heterocycles. The van der Waals surface area contributed by atoms with E-state index in [0.717, 1.165) is 49.0 Å². The largest absolute Gasteiger partial charge is 0.438 e. The molecule has 5 heteroatoms. The van der Waals surface area contributed by atoms with E-state index in [1.165, 1.54) is 0 Å². The van der Waals surface area contributed by atoms with Crippen molar-refractivity contribution in [2.45, 2.75) is 32.4 Å². The van der Waals surface area contributed by atoms with Crippen molar-refractivity contribution in [3.63, 3.8) is 0 Å². The highest BCUT2D eigenvalue weighted by atomic mass is 32.1. The van der Waals surface area contributed by atoms with Gasteiger partial charge < -0.3 is 9.52 Å². The van der Waals surface area contributed by atoms with Crippen LogP contribution in [0.3, 0.4) is 0 Å². The molecule has 0 saturated carbocycles. The maximum Gasteiger partial charge on any atom is 0.209 e. The predicted molar refractivity (Wildman–Crippen MR) is 79.5 cm³/mol. The van der Waals surface area contributed by atoms with Crippen LogP contribution in [0, 0.1) is 5.92 Å². The molecular formula is C15H20N2O2S. The van der Waals surface area contributed by atoms with Crippen LogP contribution in [0.25, 0.3) is 10.6 Å². The van der Waals surface area contributed by atoms with Gasteiger partial charge in [-0.05, 0) is 50.2 Å². The number of rotatable bonds is 4. The Morgan fingerprint density at radius 2 is 2.30 bits per heavy atom. The molecule has 0 aromatic carbocycles. The Labute approximate surface area is 123 Å². The SMILES string of the molecule is CC(O)C1CCN(Cc2ncc(-c3cccs3)o2)CC1. The van der Waals surface area contributed by atoms with Gasteiger partial charge in [-0.25, -0.2) is 4.98 Å². The van der Waals surface area contributed by atoms with Gasteiger partial charge in [0.2, 0.25) is 5.89 Å². The minimum atomic E-state index is -0.190. The lowest BCUT2D eigenvalue weighted by atomic mass is 9.92. The van der Waals surface area contributed by atoms with Gasteiger partial charge in [-0.3, -0.25) is 4.90 Å². The standard InChI is InChI=1S/C15H20N2O2S/c1-11(18)12-4-6-17(7-5-12)10-15-16-9-13(19-15)14-3-2-8-20-14/h2-3,8-9,11-12,18H,4-7,10H2,1H3. The molecule has 0 aliphatic carbocycles. The van der Waals surface area contributed by atoms with E-state index in [9.17, 15) is 5.11 Å². The van der Waals surface area contributed by atoms with E-state index in [1.807, 2.05) is 30.6 Å². The Bertz CT molecular complexity index is 528. The fourth-order valence-corrected chi connectivity index (χ4v) is 3.37. The Morgan fingerprint density at radius 3 is 2.95 bits per heavy atom. The predicted octanol–water partition coefficient (Wildman–Crippen LogP) is 3.00. The average molecular weight is 292 g/mol. The van der Waals surface area contributed by atoms with Gasteiger partial charge in [0.25, 0.3) is 0 Å². The first-order chi connectivity index (χ1) is 9.72. The van der Waals surface area contributed by atoms with Crippen molar-refractivity contribution < 1.29 is 9.52 Å². The van der Waals surface area contributed by atoms with Gasteiger partial charge in [0.1, 0.15) is 0 Å². The molecule has 20 heavy (non-hydrogen) atoms. The number of aliphatic hydroxyl groups is 1. The molecule has 2 aromatic rings. The Kier molecular flexibility index (Phi) is 4.19. The summed E-state index contributed by atoms with van der Waals surface area (Å²) in [6.45, 7) is 4.66. The maximum absolute atomic E-state index is 9.61. The van der Waals surface area contributed by atoms with Gasteiger partial charge in [-0.15, -0.1) is 11.3 Å². The summed E-state index contributed by atoms with van der Waals surface area (Å²) < 4.78 is 5.81. The summed E-state index contributed by atoms with van der Waals surface area (Å²) in [4.78, 5) is 7.84. The van der Waals surface area contributed by atoms with Crippen LogP contribution in [0.1, 0.15) is 25.7 Å². The smallest absolute Gasteiger partial charge is 0.209 e. The zero-order chi connectivity index (χ0) is 13.9. The second-order valence-electron chi connectivity index (χ2n) is 5.45. The van der Waals surface area contributed by atoms with Crippen molar-refractivity contribution in [2.75, 3.05) is 13.1 Å². The van der Waals surface area contributed by atoms with Crippen LogP contribution in [0.5, 0.6) is 0 Å². The summed E-state index contributed by atoms with van der Waals surface area (Å²) >= 11 is 1.66. The van der Waals surface area contributed by atoms with Gasteiger partial charge in [0.15, 0.2) is 5.76 Å². The lowest BCUT2D eigenvalue weighted by Crippen LogP contribution is -2.36. The van der Waals surface area contributed by atoms with Crippen molar-refractivity contribution in [1.82, 2.24) is 9.88 Å². The molecule has 0 radical (unpaired) electrons. The Morgan fingerprint density at radius 1 is 1.50 bits per heavy atom. The summed E-state index contributed by atoms with van der Waals surface area (Å²) in [5.41, 5.74) is 0. The second-order valence-corrected chi connectivity index (χ2v) is 6.40. The van der Waals surface area contributed by atoms with E-state index in [0.29, 0.717) is 5.92 Å². The van der Waals surface area contributed by atoms with E-state index in [2.05, 4.69) is 9.88 Å². The second kappa shape index (κ2) is 6.08. The molecule has 1 aliphatic rings. The first-order valence-electron chi connectivity index (χ1n) is 7.11. The third-order valence-corrected chi connectivity index (χ3v) is 4.88. The van der Waals surface area contributed by atoms with Crippen molar-refractivity contribution in [3.8, 4) is 10.6 Å². The van der Waals surface area contributed by atoms with Crippen LogP contribution in [-0.4, -0.2) is 34.2 Å². The maximum atomic E-state index is 9.61. The summed E-state index contributed by atoms with van der Waals surface area (Å²) in [7, 11) is 0. The number of oxazole rings is 1. The van der Waals surface area contributed by atoms with Gasteiger partial charge in [-0.1, -0.05) is 6.07 Å². The summed E-state index contributed by atoms with van der Waals surface area (Å²) in [6.07, 6.45) is 3.72. The first-order valence-corrected chi connectivity index (χ1v) is 7.99. The van der Waals surface area contributed by atoms with Gasteiger partial charge >= 0.3 is 0 Å². The fraction of sp³-hybridized carbons (Fsp3) is 0.533. The molecule has 2 aromatic heterocycles. The highest BCUT2D eigenvalue weighted by Crippen LogP contribution is 2.26. The van der Waals surface area contributed by atoms with Gasteiger partial charge in [0.05, 0.1) is 23.7 Å². The summed E-state index contributed by atoms with van der Waals surface area (Å²) in [5.74, 6) is 2.08. The monoisotopic (exact) mass is 292 g/mol. The number of likely N-dealkylation sites (tertiary alicyclic amines) is 1. The molecule has 1 saturated heterocycles. The molecule has 1 unspecified atom stereocenters. The molecule has 1 N–H and O–H groups in total. The minimum Gasteiger partial charge on any atom is -0.438 e. The number of nitrogens with zero attached hydrogens (tertiary/aromatic N) is 2. The number of hydrogen-bond donors (Lipinski definition) is 1. The molecule has 0 spiro atoms. The average Bonchev–Trinajstić information content (AvgIpc) is 3.09. The highest BCUT2D eigenvalue weighted by molar-refractivity contribution is 7.13. The van der Waals surface area contributed by atoms with Crippen LogP contribution in [0.15, 0.2) is 28.1 Å². The summed E-state index contributed by atoms with van der Waals surface area (Å²) in [6, 6.07) is 4.06. The quantitative estimate of drug-likeness (QED) is 0.941. The van der Waals surface area contributed by atoms with Crippen LogP contribution in [0.4, 0.5) is 0 Å². The van der Waals surface area contributed by atoms with E-state index >= 15 is 0 Å². The Hall–Kier alpha value is -1.17. The van der Waals surface area contributed by atoms with Crippen molar-refractivity contribution >= 4 is 11.3 Å². The van der Waals surface area contributed by atoms with Crippen LogP contribution >= 0.6 is 11.3 Å². The number of hydrogen-bond acceptors (Lipinski definition) is 5. The molecule has 108 valence electrons. The lowest BCUT2D eigenvalue weighted by molar-refractivity contribution is 0.0668. The van der Waals surface area contributed by atoms with E-state index in [-0.39, 0.29) is 6.10 Å². The zero-order valence-electron chi connectivity index (χ0n) is 11.7.